The highest BCUT2D eigenvalue weighted by atomic mass is 79.9. The van der Waals surface area contributed by atoms with Crippen molar-refractivity contribution in [2.45, 2.75) is 0 Å². The lowest BCUT2D eigenvalue weighted by Crippen LogP contribution is -1.90. The highest BCUT2D eigenvalue weighted by Gasteiger charge is 2.07. The molecule has 3 heteroatoms. The summed E-state index contributed by atoms with van der Waals surface area (Å²) in [6.45, 7) is 0. The van der Waals surface area contributed by atoms with Gasteiger partial charge >= 0.3 is 0 Å². The zero-order valence-electron chi connectivity index (χ0n) is 8.97. The largest absolute Gasteiger partial charge is 0.243 e. The number of hydrogen-bond donors (Lipinski definition) is 0. The molecule has 0 saturated carbocycles. The van der Waals surface area contributed by atoms with Crippen molar-refractivity contribution >= 4 is 27.0 Å². The summed E-state index contributed by atoms with van der Waals surface area (Å²) in [6, 6.07) is 17.9. The molecule has 0 aliphatic carbocycles. The molecule has 0 aliphatic heterocycles. The third-order valence-corrected chi connectivity index (χ3v) is 3.13. The summed E-state index contributed by atoms with van der Waals surface area (Å²) >= 11 is 3.48. The van der Waals surface area contributed by atoms with Crippen molar-refractivity contribution < 1.29 is 0 Å². The number of fused-ring (bicyclic) bond motifs is 1. The zero-order chi connectivity index (χ0) is 11.7. The lowest BCUT2D eigenvalue weighted by molar-refractivity contribution is 1.25. The average Bonchev–Trinajstić information content (AvgIpc) is 2.39. The van der Waals surface area contributed by atoms with Gasteiger partial charge in [0, 0.05) is 5.56 Å². The second-order valence-electron chi connectivity index (χ2n) is 3.72. The van der Waals surface area contributed by atoms with Crippen molar-refractivity contribution in [3.05, 3.63) is 59.2 Å². The SMILES string of the molecule is Brc1nc2ccccc2nc1-c1ccccc1. The van der Waals surface area contributed by atoms with Gasteiger partial charge in [0.1, 0.15) is 10.3 Å². The first-order chi connectivity index (χ1) is 8.34. The summed E-state index contributed by atoms with van der Waals surface area (Å²) in [6.07, 6.45) is 0. The van der Waals surface area contributed by atoms with Crippen molar-refractivity contribution in [2.75, 3.05) is 0 Å². The van der Waals surface area contributed by atoms with E-state index in [0.717, 1.165) is 26.9 Å². The van der Waals surface area contributed by atoms with Crippen molar-refractivity contribution in [1.29, 1.82) is 0 Å². The van der Waals surface area contributed by atoms with Gasteiger partial charge in [-0.15, -0.1) is 0 Å². The first-order valence-corrected chi connectivity index (χ1v) is 6.11. The van der Waals surface area contributed by atoms with Gasteiger partial charge < -0.3 is 0 Å². The molecule has 0 fully saturated rings. The molecule has 0 bridgehead atoms. The summed E-state index contributed by atoms with van der Waals surface area (Å²) in [4.78, 5) is 9.14. The van der Waals surface area contributed by atoms with E-state index in [0.29, 0.717) is 0 Å². The van der Waals surface area contributed by atoms with E-state index in [4.69, 9.17) is 0 Å². The molecular weight excluding hydrogens is 276 g/mol. The Morgan fingerprint density at radius 3 is 2.00 bits per heavy atom. The number of halogens is 1. The van der Waals surface area contributed by atoms with Crippen LogP contribution in [0.2, 0.25) is 0 Å². The fraction of sp³-hybridized carbons (Fsp3) is 0. The Morgan fingerprint density at radius 1 is 0.706 bits per heavy atom. The van der Waals surface area contributed by atoms with Crippen LogP contribution in [0.4, 0.5) is 0 Å². The number of rotatable bonds is 1. The lowest BCUT2D eigenvalue weighted by Gasteiger charge is -2.05. The van der Waals surface area contributed by atoms with E-state index in [1.54, 1.807) is 0 Å². The first kappa shape index (κ1) is 10.4. The molecule has 0 atom stereocenters. The number of benzene rings is 2. The minimum absolute atomic E-state index is 0.780. The monoisotopic (exact) mass is 284 g/mol. The van der Waals surface area contributed by atoms with E-state index in [-0.39, 0.29) is 0 Å². The van der Waals surface area contributed by atoms with Crippen LogP contribution in [0.5, 0.6) is 0 Å². The van der Waals surface area contributed by atoms with Crippen molar-refractivity contribution in [2.24, 2.45) is 0 Å². The highest BCUT2D eigenvalue weighted by Crippen LogP contribution is 2.26. The van der Waals surface area contributed by atoms with E-state index in [1.807, 2.05) is 54.6 Å². The quantitative estimate of drug-likeness (QED) is 0.673. The predicted molar refractivity (Wildman–Crippen MR) is 72.7 cm³/mol. The second kappa shape index (κ2) is 4.26. The van der Waals surface area contributed by atoms with Gasteiger partial charge in [-0.1, -0.05) is 42.5 Å². The molecule has 0 amide bonds. The maximum absolute atomic E-state index is 4.64. The van der Waals surface area contributed by atoms with Crippen LogP contribution in [-0.2, 0) is 0 Å². The minimum Gasteiger partial charge on any atom is -0.243 e. The number of para-hydroxylation sites is 2. The Balaban J connectivity index is 2.27. The second-order valence-corrected chi connectivity index (χ2v) is 4.47. The Kier molecular flexibility index (Phi) is 2.61. The van der Waals surface area contributed by atoms with Crippen LogP contribution in [0.1, 0.15) is 0 Å². The maximum Gasteiger partial charge on any atom is 0.133 e. The zero-order valence-corrected chi connectivity index (χ0v) is 10.6. The van der Waals surface area contributed by atoms with Gasteiger partial charge in [-0.25, -0.2) is 9.97 Å². The van der Waals surface area contributed by atoms with Crippen LogP contribution in [0.25, 0.3) is 22.3 Å². The van der Waals surface area contributed by atoms with Crippen LogP contribution in [0, 0.1) is 0 Å². The Bertz CT molecular complexity index is 665. The van der Waals surface area contributed by atoms with Crippen LogP contribution in [-0.4, -0.2) is 9.97 Å². The van der Waals surface area contributed by atoms with Crippen molar-refractivity contribution in [1.82, 2.24) is 9.97 Å². The van der Waals surface area contributed by atoms with Gasteiger partial charge in [0.05, 0.1) is 11.0 Å². The van der Waals surface area contributed by atoms with E-state index in [1.165, 1.54) is 0 Å². The molecule has 2 nitrogen and oxygen atoms in total. The predicted octanol–water partition coefficient (Wildman–Crippen LogP) is 4.06. The van der Waals surface area contributed by atoms with Gasteiger partial charge in [-0.2, -0.15) is 0 Å². The van der Waals surface area contributed by atoms with E-state index >= 15 is 0 Å². The molecule has 3 aromatic rings. The molecule has 17 heavy (non-hydrogen) atoms. The smallest absolute Gasteiger partial charge is 0.133 e. The van der Waals surface area contributed by atoms with Crippen molar-refractivity contribution in [3.8, 4) is 11.3 Å². The summed E-state index contributed by atoms with van der Waals surface area (Å²) in [5, 5.41) is 0. The number of hydrogen-bond acceptors (Lipinski definition) is 2. The molecule has 0 saturated heterocycles. The van der Waals surface area contributed by atoms with E-state index in [2.05, 4.69) is 25.9 Å². The average molecular weight is 285 g/mol. The number of aromatic nitrogens is 2. The summed E-state index contributed by atoms with van der Waals surface area (Å²) in [5.74, 6) is 0. The van der Waals surface area contributed by atoms with Crippen LogP contribution < -0.4 is 0 Å². The fourth-order valence-electron chi connectivity index (χ4n) is 1.76. The first-order valence-electron chi connectivity index (χ1n) is 5.32. The van der Waals surface area contributed by atoms with E-state index in [9.17, 15) is 0 Å². The molecule has 0 unspecified atom stereocenters. The maximum atomic E-state index is 4.64. The van der Waals surface area contributed by atoms with Gasteiger partial charge in [0.25, 0.3) is 0 Å². The molecule has 2 aromatic carbocycles. The molecule has 1 heterocycles. The molecule has 1 aromatic heterocycles. The third kappa shape index (κ3) is 1.94. The standard InChI is InChI=1S/C14H9BrN2/c15-14-13(10-6-2-1-3-7-10)16-11-8-4-5-9-12(11)17-14/h1-9H. The summed E-state index contributed by atoms with van der Waals surface area (Å²) < 4.78 is 0.780. The Labute approximate surface area is 107 Å². The molecular formula is C14H9BrN2. The van der Waals surface area contributed by atoms with Crippen molar-refractivity contribution in [3.63, 3.8) is 0 Å². The van der Waals surface area contributed by atoms with Crippen LogP contribution >= 0.6 is 15.9 Å². The summed E-state index contributed by atoms with van der Waals surface area (Å²) in [5.41, 5.74) is 3.76. The normalized spacial score (nSPS) is 10.6. The van der Waals surface area contributed by atoms with Gasteiger partial charge in [0.15, 0.2) is 0 Å². The van der Waals surface area contributed by atoms with Crippen LogP contribution in [0.15, 0.2) is 59.2 Å². The topological polar surface area (TPSA) is 25.8 Å². The minimum atomic E-state index is 0.780. The van der Waals surface area contributed by atoms with Gasteiger partial charge in [-0.3, -0.25) is 0 Å². The fourth-order valence-corrected chi connectivity index (χ4v) is 2.27. The van der Waals surface area contributed by atoms with E-state index < -0.39 is 0 Å². The van der Waals surface area contributed by atoms with Gasteiger partial charge in [0.2, 0.25) is 0 Å². The molecule has 0 aliphatic rings. The summed E-state index contributed by atoms with van der Waals surface area (Å²) in [7, 11) is 0. The highest BCUT2D eigenvalue weighted by molar-refractivity contribution is 9.10. The molecule has 0 radical (unpaired) electrons. The molecule has 82 valence electrons. The Morgan fingerprint density at radius 2 is 1.29 bits per heavy atom. The van der Waals surface area contributed by atoms with Gasteiger partial charge in [-0.05, 0) is 28.1 Å². The van der Waals surface area contributed by atoms with Crippen LogP contribution in [0.3, 0.4) is 0 Å². The number of nitrogens with zero attached hydrogens (tertiary/aromatic N) is 2. The Hall–Kier alpha value is -1.74. The molecule has 0 N–H and O–H groups in total. The third-order valence-electron chi connectivity index (χ3n) is 2.58. The lowest BCUT2D eigenvalue weighted by atomic mass is 10.1. The molecule has 3 rings (SSSR count). The molecule has 0 spiro atoms.